The molecule has 0 radical (unpaired) electrons. The normalized spacial score (nSPS) is 10.6. The third-order valence-electron chi connectivity index (χ3n) is 4.04. The Hall–Kier alpha value is -4.01. The number of ether oxygens (including phenoxy) is 2. The monoisotopic (exact) mass is 376 g/mol. The molecule has 1 aromatic carbocycles. The zero-order valence-electron chi connectivity index (χ0n) is 15.1. The summed E-state index contributed by atoms with van der Waals surface area (Å²) in [5.41, 5.74) is 1.38. The number of methoxy groups -OCH3 is 1. The number of fused-ring (bicyclic) bond motifs is 1. The van der Waals surface area contributed by atoms with Gasteiger partial charge in [0.1, 0.15) is 5.75 Å². The fourth-order valence-corrected chi connectivity index (χ4v) is 2.55. The van der Waals surface area contributed by atoms with Crippen molar-refractivity contribution in [2.24, 2.45) is 0 Å². The smallest absolute Gasteiger partial charge is 0.326 e. The second-order valence-corrected chi connectivity index (χ2v) is 5.80. The number of hydrogen-bond acceptors (Lipinski definition) is 9. The van der Waals surface area contributed by atoms with Gasteiger partial charge >= 0.3 is 6.01 Å². The van der Waals surface area contributed by atoms with E-state index in [4.69, 9.17) is 9.47 Å². The maximum Gasteiger partial charge on any atom is 0.326 e. The minimum absolute atomic E-state index is 0.0159. The van der Waals surface area contributed by atoms with Crippen LogP contribution in [-0.4, -0.2) is 44.2 Å². The number of pyridine rings is 1. The quantitative estimate of drug-likeness (QED) is 0.562. The van der Waals surface area contributed by atoms with E-state index in [-0.39, 0.29) is 11.9 Å². The summed E-state index contributed by atoms with van der Waals surface area (Å²) in [6.45, 7) is 0. The number of aromatic nitrogens is 5. The summed E-state index contributed by atoms with van der Waals surface area (Å²) in [7, 11) is 3.48. The maximum atomic E-state index is 10.0. The van der Waals surface area contributed by atoms with E-state index in [1.807, 2.05) is 36.2 Å². The largest absolute Gasteiger partial charge is 0.497 e. The van der Waals surface area contributed by atoms with Crippen LogP contribution in [0.15, 0.2) is 55.1 Å². The number of anilines is 2. The van der Waals surface area contributed by atoms with E-state index >= 15 is 0 Å². The lowest BCUT2D eigenvalue weighted by Gasteiger charge is -2.17. The van der Waals surface area contributed by atoms with Crippen LogP contribution in [0.5, 0.6) is 23.4 Å². The molecule has 0 saturated carbocycles. The topological polar surface area (TPSA) is 106 Å². The van der Waals surface area contributed by atoms with Gasteiger partial charge in [0, 0.05) is 18.9 Å². The molecule has 28 heavy (non-hydrogen) atoms. The number of nitrogens with zero attached hydrogens (tertiary/aromatic N) is 6. The van der Waals surface area contributed by atoms with Crippen LogP contribution in [0.1, 0.15) is 0 Å². The summed E-state index contributed by atoms with van der Waals surface area (Å²) >= 11 is 0. The van der Waals surface area contributed by atoms with Gasteiger partial charge in [0.15, 0.2) is 5.75 Å². The fourth-order valence-electron chi connectivity index (χ4n) is 2.55. The Kier molecular flexibility index (Phi) is 4.55. The Morgan fingerprint density at radius 1 is 0.929 bits per heavy atom. The summed E-state index contributed by atoms with van der Waals surface area (Å²) in [6, 6.07) is 9.15. The van der Waals surface area contributed by atoms with Crippen LogP contribution in [0.25, 0.3) is 10.9 Å². The molecular formula is C19H16N6O3. The Labute approximate surface area is 160 Å². The number of aromatic hydroxyl groups is 1. The molecule has 0 atom stereocenters. The molecular weight excluding hydrogens is 360 g/mol. The van der Waals surface area contributed by atoms with E-state index < -0.39 is 0 Å². The molecule has 4 aromatic rings. The van der Waals surface area contributed by atoms with Crippen molar-refractivity contribution in [2.45, 2.75) is 0 Å². The van der Waals surface area contributed by atoms with Gasteiger partial charge in [0.25, 0.3) is 0 Å². The first kappa shape index (κ1) is 17.4. The average Bonchev–Trinajstić information content (AvgIpc) is 2.74. The van der Waals surface area contributed by atoms with Crippen molar-refractivity contribution < 1.29 is 14.6 Å². The molecule has 0 fully saturated rings. The summed E-state index contributed by atoms with van der Waals surface area (Å²) in [6.07, 6.45) is 6.09. The van der Waals surface area contributed by atoms with Crippen molar-refractivity contribution in [1.29, 1.82) is 0 Å². The summed E-state index contributed by atoms with van der Waals surface area (Å²) < 4.78 is 10.7. The highest BCUT2D eigenvalue weighted by atomic mass is 16.5. The SMILES string of the molecule is COc1ccc(N(C)c2ncc(Oc3nc(O)c4ccncc4n3)cn2)cc1. The van der Waals surface area contributed by atoms with Gasteiger partial charge in [0.2, 0.25) is 11.8 Å². The number of rotatable bonds is 5. The van der Waals surface area contributed by atoms with Crippen molar-refractivity contribution in [2.75, 3.05) is 19.1 Å². The van der Waals surface area contributed by atoms with E-state index in [9.17, 15) is 5.11 Å². The summed E-state index contributed by atoms with van der Waals surface area (Å²) in [5.74, 6) is 1.42. The van der Waals surface area contributed by atoms with Gasteiger partial charge in [-0.3, -0.25) is 4.98 Å². The van der Waals surface area contributed by atoms with Crippen molar-refractivity contribution >= 4 is 22.5 Å². The molecule has 0 unspecified atom stereocenters. The Balaban J connectivity index is 1.53. The van der Waals surface area contributed by atoms with Crippen molar-refractivity contribution in [1.82, 2.24) is 24.9 Å². The van der Waals surface area contributed by atoms with Gasteiger partial charge in [-0.05, 0) is 30.3 Å². The highest BCUT2D eigenvalue weighted by Gasteiger charge is 2.11. The first-order valence-corrected chi connectivity index (χ1v) is 8.32. The second-order valence-electron chi connectivity index (χ2n) is 5.80. The summed E-state index contributed by atoms with van der Waals surface area (Å²) in [4.78, 5) is 22.6. The van der Waals surface area contributed by atoms with Gasteiger partial charge in [0.05, 0.1) is 36.6 Å². The van der Waals surface area contributed by atoms with E-state index in [0.717, 1.165) is 11.4 Å². The van der Waals surface area contributed by atoms with Crippen LogP contribution in [0.4, 0.5) is 11.6 Å². The van der Waals surface area contributed by atoms with Crippen LogP contribution in [0.3, 0.4) is 0 Å². The first-order chi connectivity index (χ1) is 13.6. The van der Waals surface area contributed by atoms with E-state index in [1.165, 1.54) is 18.6 Å². The second kappa shape index (κ2) is 7.31. The Morgan fingerprint density at radius 2 is 1.68 bits per heavy atom. The van der Waals surface area contributed by atoms with E-state index in [0.29, 0.717) is 22.6 Å². The number of benzene rings is 1. The molecule has 0 bridgehead atoms. The highest BCUT2D eigenvalue weighted by Crippen LogP contribution is 2.27. The lowest BCUT2D eigenvalue weighted by atomic mass is 10.3. The molecule has 0 aliphatic carbocycles. The first-order valence-electron chi connectivity index (χ1n) is 8.32. The van der Waals surface area contributed by atoms with Gasteiger partial charge in [-0.1, -0.05) is 0 Å². The minimum atomic E-state index is -0.181. The van der Waals surface area contributed by atoms with Crippen molar-refractivity contribution in [3.63, 3.8) is 0 Å². The van der Waals surface area contributed by atoms with Crippen LogP contribution in [0.2, 0.25) is 0 Å². The molecule has 9 heteroatoms. The van der Waals surface area contributed by atoms with E-state index in [1.54, 1.807) is 19.4 Å². The molecule has 0 spiro atoms. The van der Waals surface area contributed by atoms with Gasteiger partial charge in [-0.15, -0.1) is 0 Å². The molecule has 3 aromatic heterocycles. The van der Waals surface area contributed by atoms with Crippen LogP contribution >= 0.6 is 0 Å². The predicted octanol–water partition coefficient (Wildman–Crippen LogP) is 3.09. The lowest BCUT2D eigenvalue weighted by Crippen LogP contribution is -2.12. The molecule has 0 saturated heterocycles. The number of hydrogen-bond donors (Lipinski definition) is 1. The Morgan fingerprint density at radius 3 is 2.39 bits per heavy atom. The molecule has 4 rings (SSSR count). The maximum absolute atomic E-state index is 10.0. The fraction of sp³-hybridized carbons (Fsp3) is 0.105. The minimum Gasteiger partial charge on any atom is -0.497 e. The van der Waals surface area contributed by atoms with Crippen LogP contribution in [-0.2, 0) is 0 Å². The van der Waals surface area contributed by atoms with Gasteiger partial charge in [-0.25, -0.2) is 9.97 Å². The molecule has 0 amide bonds. The van der Waals surface area contributed by atoms with Gasteiger partial charge < -0.3 is 19.5 Å². The average molecular weight is 376 g/mol. The zero-order chi connectivity index (χ0) is 19.5. The Bertz CT molecular complexity index is 1100. The van der Waals surface area contributed by atoms with Crippen LogP contribution < -0.4 is 14.4 Å². The zero-order valence-corrected chi connectivity index (χ0v) is 15.1. The van der Waals surface area contributed by atoms with Crippen LogP contribution in [0, 0.1) is 0 Å². The lowest BCUT2D eigenvalue weighted by molar-refractivity contribution is 0.409. The molecule has 140 valence electrons. The van der Waals surface area contributed by atoms with Gasteiger partial charge in [-0.2, -0.15) is 9.97 Å². The molecule has 0 aliphatic heterocycles. The molecule has 0 aliphatic rings. The third-order valence-corrected chi connectivity index (χ3v) is 4.04. The van der Waals surface area contributed by atoms with Crippen molar-refractivity contribution in [3.8, 4) is 23.4 Å². The molecule has 9 nitrogen and oxygen atoms in total. The highest BCUT2D eigenvalue weighted by molar-refractivity contribution is 5.82. The van der Waals surface area contributed by atoms with Crippen molar-refractivity contribution in [3.05, 3.63) is 55.1 Å². The predicted molar refractivity (Wildman–Crippen MR) is 102 cm³/mol. The molecule has 3 heterocycles. The molecule has 1 N–H and O–H groups in total. The third kappa shape index (κ3) is 3.45. The summed E-state index contributed by atoms with van der Waals surface area (Å²) in [5, 5.41) is 10.5. The standard InChI is InChI=1S/C19H16N6O3/c1-25(12-3-5-13(27-2)6-4-12)18-21-9-14(10-22-18)28-19-23-16-11-20-8-7-15(16)17(26)24-19/h3-11H,1-2H3,(H,23,24,26). The van der Waals surface area contributed by atoms with E-state index in [2.05, 4.69) is 24.9 Å².